The predicted molar refractivity (Wildman–Crippen MR) is 97.3 cm³/mol. The molecule has 1 aromatic heterocycles. The van der Waals surface area contributed by atoms with E-state index in [1.54, 1.807) is 23.6 Å². The Kier molecular flexibility index (Phi) is 5.11. The molecule has 5 nitrogen and oxygen atoms in total. The maximum absolute atomic E-state index is 11.9. The monoisotopic (exact) mass is 353 g/mol. The van der Waals surface area contributed by atoms with Crippen LogP contribution in [-0.2, 0) is 4.79 Å². The highest BCUT2D eigenvalue weighted by Crippen LogP contribution is 2.23. The SMILES string of the molecule is O=C(COc1ccc(-c2ccccc2)cc1)Nc1ccsc1C(=O)O. The van der Waals surface area contributed by atoms with Crippen LogP contribution in [0.3, 0.4) is 0 Å². The number of carbonyl (C=O) groups excluding carboxylic acids is 1. The first-order chi connectivity index (χ1) is 12.1. The summed E-state index contributed by atoms with van der Waals surface area (Å²) in [5.41, 5.74) is 2.44. The molecule has 0 saturated heterocycles. The van der Waals surface area contributed by atoms with Gasteiger partial charge < -0.3 is 15.2 Å². The molecule has 0 spiro atoms. The van der Waals surface area contributed by atoms with Crippen molar-refractivity contribution < 1.29 is 19.4 Å². The molecule has 0 radical (unpaired) electrons. The highest BCUT2D eigenvalue weighted by molar-refractivity contribution is 7.12. The van der Waals surface area contributed by atoms with E-state index >= 15 is 0 Å². The van der Waals surface area contributed by atoms with Gasteiger partial charge in [0.15, 0.2) is 6.61 Å². The van der Waals surface area contributed by atoms with Gasteiger partial charge in [-0.1, -0.05) is 42.5 Å². The van der Waals surface area contributed by atoms with E-state index in [0.717, 1.165) is 22.5 Å². The summed E-state index contributed by atoms with van der Waals surface area (Å²) in [4.78, 5) is 23.0. The van der Waals surface area contributed by atoms with Gasteiger partial charge in [0.25, 0.3) is 5.91 Å². The summed E-state index contributed by atoms with van der Waals surface area (Å²) >= 11 is 1.06. The number of carbonyl (C=O) groups is 2. The Morgan fingerprint density at radius 1 is 0.960 bits per heavy atom. The van der Waals surface area contributed by atoms with Gasteiger partial charge in [0.2, 0.25) is 0 Å². The molecule has 0 atom stereocenters. The Morgan fingerprint density at radius 3 is 2.32 bits per heavy atom. The van der Waals surface area contributed by atoms with E-state index < -0.39 is 11.9 Å². The first-order valence-corrected chi connectivity index (χ1v) is 8.40. The van der Waals surface area contributed by atoms with Crippen LogP contribution >= 0.6 is 11.3 Å². The van der Waals surface area contributed by atoms with Gasteiger partial charge in [0, 0.05) is 0 Å². The van der Waals surface area contributed by atoms with E-state index in [4.69, 9.17) is 9.84 Å². The van der Waals surface area contributed by atoms with Crippen LogP contribution in [0.5, 0.6) is 5.75 Å². The Bertz CT molecular complexity index is 872. The highest BCUT2D eigenvalue weighted by Gasteiger charge is 2.14. The Labute approximate surface area is 148 Å². The molecule has 6 heteroatoms. The van der Waals surface area contributed by atoms with E-state index in [1.807, 2.05) is 42.5 Å². The lowest BCUT2D eigenvalue weighted by Crippen LogP contribution is -2.20. The average molecular weight is 353 g/mol. The summed E-state index contributed by atoms with van der Waals surface area (Å²) in [5.74, 6) is -0.908. The third-order valence-corrected chi connectivity index (χ3v) is 4.37. The van der Waals surface area contributed by atoms with Crippen molar-refractivity contribution in [1.82, 2.24) is 0 Å². The van der Waals surface area contributed by atoms with Crippen LogP contribution < -0.4 is 10.1 Å². The molecule has 0 aliphatic carbocycles. The summed E-state index contributed by atoms with van der Waals surface area (Å²) < 4.78 is 5.45. The molecule has 3 aromatic rings. The molecule has 0 bridgehead atoms. The van der Waals surface area contributed by atoms with Crippen LogP contribution in [0.2, 0.25) is 0 Å². The number of hydrogen-bond acceptors (Lipinski definition) is 4. The molecule has 25 heavy (non-hydrogen) atoms. The van der Waals surface area contributed by atoms with Gasteiger partial charge in [0.05, 0.1) is 5.69 Å². The number of thiophene rings is 1. The van der Waals surface area contributed by atoms with E-state index in [1.165, 1.54) is 0 Å². The summed E-state index contributed by atoms with van der Waals surface area (Å²) in [6, 6.07) is 18.9. The van der Waals surface area contributed by atoms with Crippen molar-refractivity contribution in [2.75, 3.05) is 11.9 Å². The molecule has 1 heterocycles. The minimum Gasteiger partial charge on any atom is -0.484 e. The lowest BCUT2D eigenvalue weighted by atomic mass is 10.1. The third kappa shape index (κ3) is 4.24. The first-order valence-electron chi connectivity index (χ1n) is 7.52. The van der Waals surface area contributed by atoms with Crippen molar-refractivity contribution in [2.24, 2.45) is 0 Å². The van der Waals surface area contributed by atoms with Crippen molar-refractivity contribution in [1.29, 1.82) is 0 Å². The lowest BCUT2D eigenvalue weighted by molar-refractivity contribution is -0.118. The highest BCUT2D eigenvalue weighted by atomic mass is 32.1. The van der Waals surface area contributed by atoms with Crippen molar-refractivity contribution in [3.05, 3.63) is 70.9 Å². The molecule has 3 rings (SSSR count). The van der Waals surface area contributed by atoms with E-state index in [2.05, 4.69) is 5.32 Å². The molecule has 0 aliphatic heterocycles. The fourth-order valence-electron chi connectivity index (χ4n) is 2.28. The number of ether oxygens (including phenoxy) is 1. The maximum Gasteiger partial charge on any atom is 0.348 e. The summed E-state index contributed by atoms with van der Waals surface area (Å²) in [7, 11) is 0. The van der Waals surface area contributed by atoms with E-state index in [9.17, 15) is 9.59 Å². The fraction of sp³-hybridized carbons (Fsp3) is 0.0526. The molecule has 126 valence electrons. The van der Waals surface area contributed by atoms with Crippen molar-refractivity contribution in [2.45, 2.75) is 0 Å². The van der Waals surface area contributed by atoms with Gasteiger partial charge >= 0.3 is 5.97 Å². The second kappa shape index (κ2) is 7.63. The van der Waals surface area contributed by atoms with E-state index in [-0.39, 0.29) is 17.2 Å². The average Bonchev–Trinajstić information content (AvgIpc) is 3.09. The molecule has 2 N–H and O–H groups in total. The van der Waals surface area contributed by atoms with Crippen LogP contribution in [0.4, 0.5) is 5.69 Å². The minimum absolute atomic E-state index is 0.0977. The van der Waals surface area contributed by atoms with Gasteiger partial charge in [-0.15, -0.1) is 11.3 Å². The second-order valence-electron chi connectivity index (χ2n) is 5.20. The van der Waals surface area contributed by atoms with Gasteiger partial charge in [-0.25, -0.2) is 4.79 Å². The number of benzene rings is 2. The zero-order valence-corrected chi connectivity index (χ0v) is 14.0. The van der Waals surface area contributed by atoms with Crippen LogP contribution in [-0.4, -0.2) is 23.6 Å². The molecular weight excluding hydrogens is 338 g/mol. The molecule has 0 fully saturated rings. The van der Waals surface area contributed by atoms with Crippen molar-refractivity contribution in [3.8, 4) is 16.9 Å². The van der Waals surface area contributed by atoms with Crippen LogP contribution in [0.25, 0.3) is 11.1 Å². The molecule has 0 saturated carbocycles. The number of nitrogens with one attached hydrogen (secondary N) is 1. The maximum atomic E-state index is 11.9. The Morgan fingerprint density at radius 2 is 1.64 bits per heavy atom. The molecule has 0 aliphatic rings. The predicted octanol–water partition coefficient (Wildman–Crippen LogP) is 4.13. The summed E-state index contributed by atoms with van der Waals surface area (Å²) in [5, 5.41) is 13.2. The number of anilines is 1. The number of rotatable bonds is 6. The smallest absolute Gasteiger partial charge is 0.348 e. The minimum atomic E-state index is -1.07. The Balaban J connectivity index is 1.57. The van der Waals surface area contributed by atoms with Gasteiger partial charge in [-0.2, -0.15) is 0 Å². The van der Waals surface area contributed by atoms with Gasteiger partial charge in [-0.3, -0.25) is 4.79 Å². The zero-order chi connectivity index (χ0) is 17.6. The zero-order valence-electron chi connectivity index (χ0n) is 13.1. The Hall–Kier alpha value is -3.12. The lowest BCUT2D eigenvalue weighted by Gasteiger charge is -2.08. The first kappa shape index (κ1) is 16.7. The van der Waals surface area contributed by atoms with Crippen LogP contribution in [0.1, 0.15) is 9.67 Å². The standard InChI is InChI=1S/C19H15NO4S/c21-17(20-16-10-11-25-18(16)19(22)23)12-24-15-8-6-14(7-9-15)13-4-2-1-3-5-13/h1-11H,12H2,(H,20,21)(H,22,23). The number of amides is 1. The fourth-order valence-corrected chi connectivity index (χ4v) is 2.97. The van der Waals surface area contributed by atoms with Crippen LogP contribution in [0, 0.1) is 0 Å². The van der Waals surface area contributed by atoms with E-state index in [0.29, 0.717) is 5.75 Å². The molecule has 1 amide bonds. The second-order valence-corrected chi connectivity index (χ2v) is 6.11. The number of carboxylic acids is 1. The quantitative estimate of drug-likeness (QED) is 0.699. The largest absolute Gasteiger partial charge is 0.484 e. The molecule has 0 unspecified atom stereocenters. The van der Waals surface area contributed by atoms with Crippen LogP contribution in [0.15, 0.2) is 66.0 Å². The summed E-state index contributed by atoms with van der Waals surface area (Å²) in [6.07, 6.45) is 0. The van der Waals surface area contributed by atoms with Gasteiger partial charge in [0.1, 0.15) is 10.6 Å². The summed E-state index contributed by atoms with van der Waals surface area (Å²) in [6.45, 7) is -0.195. The normalized spacial score (nSPS) is 10.2. The number of hydrogen-bond donors (Lipinski definition) is 2. The number of aromatic carboxylic acids is 1. The number of carboxylic acid groups (broad SMARTS) is 1. The van der Waals surface area contributed by atoms with Crippen molar-refractivity contribution >= 4 is 28.9 Å². The topological polar surface area (TPSA) is 75.6 Å². The van der Waals surface area contributed by atoms with Crippen molar-refractivity contribution in [3.63, 3.8) is 0 Å². The third-order valence-electron chi connectivity index (χ3n) is 3.46. The molecular formula is C19H15NO4S. The van der Waals surface area contributed by atoms with Gasteiger partial charge in [-0.05, 0) is 34.7 Å². The molecule has 2 aromatic carbocycles.